The number of aryl methyl sites for hydroxylation is 1. The number of aromatic nitrogens is 2. The molecule has 1 rings (SSSR count). The second-order valence-corrected chi connectivity index (χ2v) is 4.06. The number of rotatable bonds is 3. The lowest BCUT2D eigenvalue weighted by atomic mass is 10.2. The number of allylic oxidation sites excluding steroid dienone is 1. The molecule has 0 unspecified atom stereocenters. The summed E-state index contributed by atoms with van der Waals surface area (Å²) in [5.41, 5.74) is 0.709. The molecule has 76 valence electrons. The van der Waals surface area contributed by atoms with Gasteiger partial charge in [0, 0.05) is 5.57 Å². The van der Waals surface area contributed by atoms with Gasteiger partial charge >= 0.3 is 0 Å². The molecule has 0 atom stereocenters. The normalized spacial score (nSPS) is 11.5. The molecule has 0 radical (unpaired) electrons. The Morgan fingerprint density at radius 2 is 2.29 bits per heavy atom. The Labute approximate surface area is 87.1 Å². The van der Waals surface area contributed by atoms with E-state index in [9.17, 15) is 4.79 Å². The van der Waals surface area contributed by atoms with Gasteiger partial charge in [0.1, 0.15) is 5.01 Å². The van der Waals surface area contributed by atoms with Crippen molar-refractivity contribution in [2.45, 2.75) is 27.2 Å². The van der Waals surface area contributed by atoms with Crippen molar-refractivity contribution in [2.24, 2.45) is 0 Å². The zero-order valence-corrected chi connectivity index (χ0v) is 9.31. The molecule has 0 fully saturated rings. The van der Waals surface area contributed by atoms with Crippen LogP contribution in [0.3, 0.4) is 0 Å². The maximum atomic E-state index is 11.5. The summed E-state index contributed by atoms with van der Waals surface area (Å²) < 4.78 is 0. The number of anilines is 1. The fourth-order valence-corrected chi connectivity index (χ4v) is 1.53. The molecule has 14 heavy (non-hydrogen) atoms. The summed E-state index contributed by atoms with van der Waals surface area (Å²) in [6.45, 7) is 5.63. The van der Waals surface area contributed by atoms with E-state index in [1.807, 2.05) is 19.9 Å². The Morgan fingerprint density at radius 1 is 1.57 bits per heavy atom. The van der Waals surface area contributed by atoms with Gasteiger partial charge in [-0.2, -0.15) is 0 Å². The fourth-order valence-electron chi connectivity index (χ4n) is 0.942. The first-order chi connectivity index (χ1) is 6.63. The van der Waals surface area contributed by atoms with E-state index in [4.69, 9.17) is 0 Å². The van der Waals surface area contributed by atoms with Gasteiger partial charge < -0.3 is 0 Å². The highest BCUT2D eigenvalue weighted by Crippen LogP contribution is 2.14. The topological polar surface area (TPSA) is 54.9 Å². The minimum Gasteiger partial charge on any atom is -0.297 e. The Kier molecular flexibility index (Phi) is 3.76. The Morgan fingerprint density at radius 3 is 2.79 bits per heavy atom. The number of hydrogen-bond acceptors (Lipinski definition) is 4. The van der Waals surface area contributed by atoms with E-state index >= 15 is 0 Å². The Bertz CT molecular complexity index is 357. The predicted octanol–water partition coefficient (Wildman–Crippen LogP) is 2.14. The maximum absolute atomic E-state index is 11.5. The van der Waals surface area contributed by atoms with Crippen molar-refractivity contribution in [3.8, 4) is 0 Å². The summed E-state index contributed by atoms with van der Waals surface area (Å²) in [5.74, 6) is -0.108. The molecule has 4 nitrogen and oxygen atoms in total. The number of hydrogen-bond donors (Lipinski definition) is 1. The SMILES string of the molecule is CC/C=C(/C)C(=O)Nc1nnc(C)s1. The van der Waals surface area contributed by atoms with Gasteiger partial charge in [0.15, 0.2) is 0 Å². The highest BCUT2D eigenvalue weighted by atomic mass is 32.1. The molecule has 5 heteroatoms. The third-order valence-electron chi connectivity index (χ3n) is 1.61. The minimum atomic E-state index is -0.108. The molecule has 1 aromatic heterocycles. The van der Waals surface area contributed by atoms with Gasteiger partial charge in [-0.05, 0) is 20.3 Å². The van der Waals surface area contributed by atoms with E-state index in [1.54, 1.807) is 6.92 Å². The minimum absolute atomic E-state index is 0.108. The molecular weight excluding hydrogens is 198 g/mol. The van der Waals surface area contributed by atoms with Gasteiger partial charge in [-0.3, -0.25) is 10.1 Å². The summed E-state index contributed by atoms with van der Waals surface area (Å²) in [6.07, 6.45) is 2.73. The van der Waals surface area contributed by atoms with Crippen molar-refractivity contribution in [1.29, 1.82) is 0 Å². The van der Waals surface area contributed by atoms with E-state index in [1.165, 1.54) is 11.3 Å². The van der Waals surface area contributed by atoms with Gasteiger partial charge in [0.25, 0.3) is 5.91 Å². The van der Waals surface area contributed by atoms with Gasteiger partial charge in [-0.1, -0.05) is 24.3 Å². The van der Waals surface area contributed by atoms with Crippen LogP contribution in [0.25, 0.3) is 0 Å². The second-order valence-electron chi connectivity index (χ2n) is 2.88. The largest absolute Gasteiger partial charge is 0.297 e. The summed E-state index contributed by atoms with van der Waals surface area (Å²) in [4.78, 5) is 11.5. The van der Waals surface area contributed by atoms with Crippen molar-refractivity contribution in [2.75, 3.05) is 5.32 Å². The molecule has 0 bridgehead atoms. The average Bonchev–Trinajstić information content (AvgIpc) is 2.51. The van der Waals surface area contributed by atoms with Crippen LogP contribution in [0.1, 0.15) is 25.3 Å². The molecule has 0 spiro atoms. The molecule has 1 aromatic rings. The summed E-state index contributed by atoms with van der Waals surface area (Å²) in [5, 5.41) is 11.7. The highest BCUT2D eigenvalue weighted by molar-refractivity contribution is 7.15. The van der Waals surface area contributed by atoms with Crippen LogP contribution in [0, 0.1) is 6.92 Å². The Balaban J connectivity index is 2.61. The lowest BCUT2D eigenvalue weighted by molar-refractivity contribution is -0.112. The van der Waals surface area contributed by atoms with Crippen LogP contribution in [0.4, 0.5) is 5.13 Å². The first-order valence-corrected chi connectivity index (χ1v) is 5.23. The number of amides is 1. The molecule has 1 amide bonds. The average molecular weight is 211 g/mol. The van der Waals surface area contributed by atoms with E-state index in [-0.39, 0.29) is 5.91 Å². The molecule has 0 saturated heterocycles. The predicted molar refractivity (Wildman–Crippen MR) is 57.3 cm³/mol. The molecule has 1 heterocycles. The van der Waals surface area contributed by atoms with Crippen LogP contribution in [-0.4, -0.2) is 16.1 Å². The van der Waals surface area contributed by atoms with Crippen LogP contribution in [0.5, 0.6) is 0 Å². The third kappa shape index (κ3) is 2.92. The number of carbonyl (C=O) groups excluding carboxylic acids is 1. The molecule has 1 N–H and O–H groups in total. The maximum Gasteiger partial charge on any atom is 0.252 e. The molecular formula is C9H13N3OS. The summed E-state index contributed by atoms with van der Waals surface area (Å²) in [6, 6.07) is 0. The standard InChI is InChI=1S/C9H13N3OS/c1-4-5-6(2)8(13)10-9-12-11-7(3)14-9/h5H,4H2,1-3H3,(H,10,12,13)/b6-5-. The van der Waals surface area contributed by atoms with Crippen LogP contribution >= 0.6 is 11.3 Å². The number of nitrogens with zero attached hydrogens (tertiary/aromatic N) is 2. The molecule has 0 saturated carbocycles. The summed E-state index contributed by atoms with van der Waals surface area (Å²) in [7, 11) is 0. The third-order valence-corrected chi connectivity index (χ3v) is 2.37. The van der Waals surface area contributed by atoms with Crippen LogP contribution in [0.2, 0.25) is 0 Å². The molecule has 0 aliphatic rings. The smallest absolute Gasteiger partial charge is 0.252 e. The van der Waals surface area contributed by atoms with E-state index in [0.29, 0.717) is 10.7 Å². The molecule has 0 aliphatic heterocycles. The monoisotopic (exact) mass is 211 g/mol. The van der Waals surface area contributed by atoms with E-state index < -0.39 is 0 Å². The van der Waals surface area contributed by atoms with E-state index in [0.717, 1.165) is 11.4 Å². The second kappa shape index (κ2) is 4.85. The zero-order valence-electron chi connectivity index (χ0n) is 8.50. The van der Waals surface area contributed by atoms with E-state index in [2.05, 4.69) is 15.5 Å². The van der Waals surface area contributed by atoms with Crippen LogP contribution in [0.15, 0.2) is 11.6 Å². The van der Waals surface area contributed by atoms with Gasteiger partial charge in [0.05, 0.1) is 0 Å². The van der Waals surface area contributed by atoms with Crippen molar-refractivity contribution in [1.82, 2.24) is 10.2 Å². The van der Waals surface area contributed by atoms with Crippen LogP contribution in [-0.2, 0) is 4.79 Å². The van der Waals surface area contributed by atoms with Gasteiger partial charge in [-0.15, -0.1) is 10.2 Å². The fraction of sp³-hybridized carbons (Fsp3) is 0.444. The summed E-state index contributed by atoms with van der Waals surface area (Å²) >= 11 is 1.37. The Hall–Kier alpha value is -1.23. The van der Waals surface area contributed by atoms with Gasteiger partial charge in [0.2, 0.25) is 5.13 Å². The van der Waals surface area contributed by atoms with Crippen molar-refractivity contribution in [3.63, 3.8) is 0 Å². The first-order valence-electron chi connectivity index (χ1n) is 4.41. The first kappa shape index (κ1) is 10.8. The van der Waals surface area contributed by atoms with Crippen molar-refractivity contribution in [3.05, 3.63) is 16.7 Å². The lowest BCUT2D eigenvalue weighted by Gasteiger charge is -1.99. The zero-order chi connectivity index (χ0) is 10.6. The lowest BCUT2D eigenvalue weighted by Crippen LogP contribution is -2.12. The molecule has 0 aliphatic carbocycles. The van der Waals surface area contributed by atoms with Crippen molar-refractivity contribution >= 4 is 22.4 Å². The highest BCUT2D eigenvalue weighted by Gasteiger charge is 2.06. The quantitative estimate of drug-likeness (QED) is 0.779. The van der Waals surface area contributed by atoms with Gasteiger partial charge in [-0.25, -0.2) is 0 Å². The molecule has 0 aromatic carbocycles. The number of nitrogens with one attached hydrogen (secondary N) is 1. The number of carbonyl (C=O) groups is 1. The van der Waals surface area contributed by atoms with Crippen LogP contribution < -0.4 is 5.32 Å². The van der Waals surface area contributed by atoms with Crippen molar-refractivity contribution < 1.29 is 4.79 Å².